The number of aryl methyl sites for hydroxylation is 2. The number of Topliss-reactive ketones (excluding diaryl/α,β-unsaturated/α-hetero) is 1. The standard InChI is InChI=1S/C18H21N3O.C4H4O4/c1-12(2)21-10-15(14-6-4-5-7-17(14)21)18(22)9-8-16-13(3)19-11-20-16;5-3(6)1-2-4(7)8/h4-7,10-12H,8-9H2,1-3H3,(H,19,20);1-2H,(H,5,6)(H,7,8)/b;2-1-. The second-order valence-electron chi connectivity index (χ2n) is 6.97. The van der Waals surface area contributed by atoms with E-state index in [-0.39, 0.29) is 5.78 Å². The summed E-state index contributed by atoms with van der Waals surface area (Å²) >= 11 is 0. The Balaban J connectivity index is 0.000000343. The van der Waals surface area contributed by atoms with Crippen LogP contribution in [-0.2, 0) is 16.0 Å². The van der Waals surface area contributed by atoms with Crippen molar-refractivity contribution in [3.8, 4) is 0 Å². The highest BCUT2D eigenvalue weighted by atomic mass is 16.4. The molecule has 3 N–H and O–H groups in total. The number of para-hydroxylation sites is 1. The van der Waals surface area contributed by atoms with E-state index in [2.05, 4.69) is 34.4 Å². The van der Waals surface area contributed by atoms with Crippen LogP contribution in [0.15, 0.2) is 48.9 Å². The molecule has 0 aliphatic rings. The van der Waals surface area contributed by atoms with Crippen LogP contribution < -0.4 is 0 Å². The van der Waals surface area contributed by atoms with Gasteiger partial charge in [0, 0.05) is 53.0 Å². The van der Waals surface area contributed by atoms with Crippen LogP contribution in [0.1, 0.15) is 48.1 Å². The fraction of sp³-hybridized carbons (Fsp3) is 0.273. The lowest BCUT2D eigenvalue weighted by atomic mass is 10.0. The van der Waals surface area contributed by atoms with Crippen LogP contribution in [-0.4, -0.2) is 42.5 Å². The van der Waals surface area contributed by atoms with E-state index in [1.165, 1.54) is 0 Å². The topological polar surface area (TPSA) is 125 Å². The molecule has 0 unspecified atom stereocenters. The third-order valence-corrected chi connectivity index (χ3v) is 4.49. The van der Waals surface area contributed by atoms with Gasteiger partial charge in [-0.05, 0) is 33.3 Å². The van der Waals surface area contributed by atoms with E-state index in [9.17, 15) is 14.4 Å². The molecule has 8 heteroatoms. The number of ketones is 1. The van der Waals surface area contributed by atoms with Crippen LogP contribution in [0.4, 0.5) is 0 Å². The van der Waals surface area contributed by atoms with Crippen LogP contribution in [0.2, 0.25) is 0 Å². The van der Waals surface area contributed by atoms with E-state index in [1.807, 2.05) is 31.3 Å². The fourth-order valence-corrected chi connectivity index (χ4v) is 3.00. The highest BCUT2D eigenvalue weighted by Crippen LogP contribution is 2.26. The van der Waals surface area contributed by atoms with Crippen LogP contribution in [0, 0.1) is 6.92 Å². The first-order valence-electron chi connectivity index (χ1n) is 9.46. The third-order valence-electron chi connectivity index (χ3n) is 4.49. The summed E-state index contributed by atoms with van der Waals surface area (Å²) in [6.45, 7) is 6.25. The average molecular weight is 411 g/mol. The normalized spacial score (nSPS) is 10.9. The summed E-state index contributed by atoms with van der Waals surface area (Å²) in [5, 5.41) is 16.7. The summed E-state index contributed by atoms with van der Waals surface area (Å²) in [6.07, 6.45) is 5.95. The molecule has 2 aromatic heterocycles. The Labute approximate surface area is 173 Å². The summed E-state index contributed by atoms with van der Waals surface area (Å²) in [6, 6.07) is 8.44. The Hall–Kier alpha value is -3.68. The lowest BCUT2D eigenvalue weighted by molar-refractivity contribution is -0.134. The lowest BCUT2D eigenvalue weighted by Crippen LogP contribution is -2.02. The number of hydrogen-bond acceptors (Lipinski definition) is 4. The number of benzene rings is 1. The van der Waals surface area contributed by atoms with Gasteiger partial charge in [0.25, 0.3) is 0 Å². The van der Waals surface area contributed by atoms with Crippen molar-refractivity contribution in [1.29, 1.82) is 0 Å². The van der Waals surface area contributed by atoms with Crippen molar-refractivity contribution in [2.75, 3.05) is 0 Å². The van der Waals surface area contributed by atoms with Crippen molar-refractivity contribution < 1.29 is 24.6 Å². The van der Waals surface area contributed by atoms with Gasteiger partial charge in [0.2, 0.25) is 0 Å². The van der Waals surface area contributed by atoms with Gasteiger partial charge in [0.15, 0.2) is 5.78 Å². The maximum absolute atomic E-state index is 12.6. The fourth-order valence-electron chi connectivity index (χ4n) is 3.00. The van der Waals surface area contributed by atoms with Crippen molar-refractivity contribution >= 4 is 28.6 Å². The molecule has 0 aliphatic heterocycles. The molecule has 0 saturated carbocycles. The number of aromatic amines is 1. The van der Waals surface area contributed by atoms with Gasteiger partial charge in [-0.3, -0.25) is 4.79 Å². The second kappa shape index (κ2) is 10.2. The molecule has 2 heterocycles. The molecule has 0 aliphatic carbocycles. The van der Waals surface area contributed by atoms with Gasteiger partial charge >= 0.3 is 11.9 Å². The smallest absolute Gasteiger partial charge is 0.328 e. The summed E-state index contributed by atoms with van der Waals surface area (Å²) in [7, 11) is 0. The van der Waals surface area contributed by atoms with Gasteiger partial charge in [-0.25, -0.2) is 14.6 Å². The molecule has 3 aromatic rings. The molecule has 0 spiro atoms. The Morgan fingerprint density at radius 3 is 2.30 bits per heavy atom. The number of aromatic nitrogens is 3. The van der Waals surface area contributed by atoms with Crippen LogP contribution >= 0.6 is 0 Å². The SMILES string of the molecule is Cc1[nH]cnc1CCC(=O)c1cn(C(C)C)c2ccccc12.O=C(O)/C=C\C(=O)O. The number of nitrogens with one attached hydrogen (secondary N) is 1. The number of imidazole rings is 1. The molecule has 158 valence electrons. The molecule has 0 fully saturated rings. The number of H-pyrrole nitrogens is 1. The molecule has 30 heavy (non-hydrogen) atoms. The molecule has 0 amide bonds. The summed E-state index contributed by atoms with van der Waals surface area (Å²) in [4.78, 5) is 39.1. The van der Waals surface area contributed by atoms with Crippen LogP contribution in [0.5, 0.6) is 0 Å². The molecule has 1 aromatic carbocycles. The molecular weight excluding hydrogens is 386 g/mol. The van der Waals surface area contributed by atoms with Gasteiger partial charge in [-0.2, -0.15) is 0 Å². The monoisotopic (exact) mass is 411 g/mol. The number of aliphatic carboxylic acids is 2. The number of rotatable bonds is 7. The molecule has 3 rings (SSSR count). The molecule has 0 radical (unpaired) electrons. The zero-order valence-corrected chi connectivity index (χ0v) is 17.1. The average Bonchev–Trinajstić information content (AvgIpc) is 3.28. The van der Waals surface area contributed by atoms with Crippen LogP contribution in [0.25, 0.3) is 10.9 Å². The Bertz CT molecular complexity index is 1060. The minimum atomic E-state index is -1.26. The van der Waals surface area contributed by atoms with E-state index in [0.29, 0.717) is 31.0 Å². The molecule has 0 saturated heterocycles. The number of nitrogens with zero attached hydrogens (tertiary/aromatic N) is 2. The minimum absolute atomic E-state index is 0.179. The molecule has 0 atom stereocenters. The first-order chi connectivity index (χ1) is 14.2. The minimum Gasteiger partial charge on any atom is -0.478 e. The number of carbonyl (C=O) groups is 3. The predicted octanol–water partition coefficient (Wildman–Crippen LogP) is 3.78. The van der Waals surface area contributed by atoms with Crippen molar-refractivity contribution in [2.45, 2.75) is 39.7 Å². The maximum Gasteiger partial charge on any atom is 0.328 e. The zero-order chi connectivity index (χ0) is 22.3. The molecule has 0 bridgehead atoms. The van der Waals surface area contributed by atoms with E-state index in [0.717, 1.165) is 27.9 Å². The van der Waals surface area contributed by atoms with Gasteiger partial charge in [-0.1, -0.05) is 18.2 Å². The molecular formula is C22H25N3O5. The van der Waals surface area contributed by atoms with Gasteiger partial charge in [0.05, 0.1) is 12.0 Å². The van der Waals surface area contributed by atoms with E-state index in [4.69, 9.17) is 10.2 Å². The maximum atomic E-state index is 12.6. The number of carbonyl (C=O) groups excluding carboxylic acids is 1. The second-order valence-corrected chi connectivity index (χ2v) is 6.97. The predicted molar refractivity (Wildman–Crippen MR) is 113 cm³/mol. The number of carboxylic acid groups (broad SMARTS) is 2. The number of carboxylic acids is 2. The summed E-state index contributed by atoms with van der Waals surface area (Å²) < 4.78 is 2.17. The summed E-state index contributed by atoms with van der Waals surface area (Å²) in [5.74, 6) is -2.34. The van der Waals surface area contributed by atoms with Crippen molar-refractivity contribution in [3.05, 3.63) is 65.9 Å². The van der Waals surface area contributed by atoms with Crippen molar-refractivity contribution in [2.24, 2.45) is 0 Å². The van der Waals surface area contributed by atoms with E-state index >= 15 is 0 Å². The van der Waals surface area contributed by atoms with Gasteiger partial charge in [-0.15, -0.1) is 0 Å². The van der Waals surface area contributed by atoms with Gasteiger partial charge in [0.1, 0.15) is 0 Å². The summed E-state index contributed by atoms with van der Waals surface area (Å²) in [5.41, 5.74) is 3.95. The highest BCUT2D eigenvalue weighted by molar-refractivity contribution is 6.08. The number of fused-ring (bicyclic) bond motifs is 1. The Kier molecular flexibility index (Phi) is 7.69. The van der Waals surface area contributed by atoms with E-state index < -0.39 is 11.9 Å². The van der Waals surface area contributed by atoms with Crippen molar-refractivity contribution in [3.63, 3.8) is 0 Å². The Morgan fingerprint density at radius 1 is 1.13 bits per heavy atom. The quantitative estimate of drug-likeness (QED) is 0.401. The zero-order valence-electron chi connectivity index (χ0n) is 17.1. The van der Waals surface area contributed by atoms with Gasteiger partial charge < -0.3 is 19.8 Å². The molecule has 8 nitrogen and oxygen atoms in total. The number of hydrogen-bond donors (Lipinski definition) is 3. The largest absolute Gasteiger partial charge is 0.478 e. The van der Waals surface area contributed by atoms with E-state index in [1.54, 1.807) is 6.33 Å². The lowest BCUT2D eigenvalue weighted by Gasteiger charge is -2.08. The van der Waals surface area contributed by atoms with Crippen LogP contribution in [0.3, 0.4) is 0 Å². The first kappa shape index (κ1) is 22.6. The third kappa shape index (κ3) is 5.91. The van der Waals surface area contributed by atoms with Crippen molar-refractivity contribution in [1.82, 2.24) is 14.5 Å². The Morgan fingerprint density at radius 2 is 1.77 bits per heavy atom. The first-order valence-corrected chi connectivity index (χ1v) is 9.46. The highest BCUT2D eigenvalue weighted by Gasteiger charge is 2.16.